The van der Waals surface area contributed by atoms with Gasteiger partial charge in [-0.15, -0.1) is 0 Å². The molecule has 0 saturated carbocycles. The lowest BCUT2D eigenvalue weighted by Crippen LogP contribution is -1.91. The molecule has 0 radical (unpaired) electrons. The van der Waals surface area contributed by atoms with Gasteiger partial charge >= 0.3 is 0 Å². The fraction of sp³-hybridized carbons (Fsp3) is 0.333. The van der Waals surface area contributed by atoms with Crippen molar-refractivity contribution in [1.82, 2.24) is 0 Å². The van der Waals surface area contributed by atoms with Crippen molar-refractivity contribution in [3.63, 3.8) is 0 Å². The first-order valence-corrected chi connectivity index (χ1v) is 5.59. The molecule has 0 heterocycles. The third kappa shape index (κ3) is 1.90. The molecule has 0 N–H and O–H groups in total. The molecule has 0 aliphatic carbocycles. The summed E-state index contributed by atoms with van der Waals surface area (Å²) in [5.74, 6) is 0.593. The van der Waals surface area contributed by atoms with Crippen LogP contribution in [0.1, 0.15) is 36.5 Å². The Kier molecular flexibility index (Phi) is 2.52. The number of benzene rings is 2. The van der Waals surface area contributed by atoms with Crippen molar-refractivity contribution in [3.8, 4) is 0 Å². The van der Waals surface area contributed by atoms with Gasteiger partial charge in [0.05, 0.1) is 0 Å². The lowest BCUT2D eigenvalue weighted by Gasteiger charge is -2.12. The molecule has 0 fully saturated rings. The largest absolute Gasteiger partial charge is 0.0587 e. The van der Waals surface area contributed by atoms with Crippen molar-refractivity contribution in [2.24, 2.45) is 0 Å². The Labute approximate surface area is 91.9 Å². The second-order valence-corrected chi connectivity index (χ2v) is 4.73. The van der Waals surface area contributed by atoms with Gasteiger partial charge < -0.3 is 0 Å². The monoisotopic (exact) mass is 198 g/mol. The van der Waals surface area contributed by atoms with E-state index in [1.165, 1.54) is 27.5 Å². The van der Waals surface area contributed by atoms with Crippen molar-refractivity contribution >= 4 is 10.8 Å². The van der Waals surface area contributed by atoms with Gasteiger partial charge in [-0.05, 0) is 36.1 Å². The topological polar surface area (TPSA) is 0 Å². The van der Waals surface area contributed by atoms with Gasteiger partial charge in [-0.25, -0.2) is 0 Å². The average molecular weight is 198 g/mol. The van der Waals surface area contributed by atoms with Crippen LogP contribution in [0.2, 0.25) is 0 Å². The second kappa shape index (κ2) is 3.69. The van der Waals surface area contributed by atoms with E-state index >= 15 is 0 Å². The van der Waals surface area contributed by atoms with E-state index in [-0.39, 0.29) is 0 Å². The molecule has 78 valence electrons. The Morgan fingerprint density at radius 2 is 1.53 bits per heavy atom. The first-order chi connectivity index (χ1) is 7.08. The molecule has 0 aromatic heterocycles. The zero-order chi connectivity index (χ0) is 11.0. The Balaban J connectivity index is 2.80. The van der Waals surface area contributed by atoms with Crippen molar-refractivity contribution in [3.05, 3.63) is 47.0 Å². The third-order valence-electron chi connectivity index (χ3n) is 2.91. The van der Waals surface area contributed by atoms with Gasteiger partial charge in [-0.2, -0.15) is 0 Å². The van der Waals surface area contributed by atoms with Crippen LogP contribution in [0.25, 0.3) is 10.8 Å². The summed E-state index contributed by atoms with van der Waals surface area (Å²) in [6, 6.07) is 11.3. The predicted octanol–water partition coefficient (Wildman–Crippen LogP) is 4.58. The summed E-state index contributed by atoms with van der Waals surface area (Å²) in [5, 5.41) is 2.78. The van der Waals surface area contributed by atoms with E-state index in [2.05, 4.69) is 58.0 Å². The van der Waals surface area contributed by atoms with Gasteiger partial charge in [-0.1, -0.05) is 55.3 Å². The zero-order valence-corrected chi connectivity index (χ0v) is 9.96. The molecule has 0 aliphatic rings. The molecule has 0 atom stereocenters. The summed E-state index contributed by atoms with van der Waals surface area (Å²) in [6.07, 6.45) is 0. The van der Waals surface area contributed by atoms with Crippen molar-refractivity contribution < 1.29 is 0 Å². The number of aryl methyl sites for hydroxylation is 2. The maximum atomic E-state index is 2.31. The summed E-state index contributed by atoms with van der Waals surface area (Å²) in [7, 11) is 0. The fourth-order valence-corrected chi connectivity index (χ4v) is 2.15. The summed E-state index contributed by atoms with van der Waals surface area (Å²) in [4.78, 5) is 0. The summed E-state index contributed by atoms with van der Waals surface area (Å²) in [5.41, 5.74) is 4.16. The first-order valence-electron chi connectivity index (χ1n) is 5.59. The van der Waals surface area contributed by atoms with Gasteiger partial charge in [0.25, 0.3) is 0 Å². The molecule has 0 spiro atoms. The van der Waals surface area contributed by atoms with Crippen LogP contribution in [-0.4, -0.2) is 0 Å². The predicted molar refractivity (Wildman–Crippen MR) is 67.5 cm³/mol. The van der Waals surface area contributed by atoms with E-state index in [9.17, 15) is 0 Å². The minimum atomic E-state index is 0.593. The SMILES string of the molecule is Cc1ccc2c(C(C)C)cc(C)cc2c1. The summed E-state index contributed by atoms with van der Waals surface area (Å²) < 4.78 is 0. The molecule has 15 heavy (non-hydrogen) atoms. The molecule has 0 unspecified atom stereocenters. The highest BCUT2D eigenvalue weighted by Crippen LogP contribution is 2.27. The van der Waals surface area contributed by atoms with E-state index in [0.717, 1.165) is 0 Å². The van der Waals surface area contributed by atoms with Gasteiger partial charge in [0, 0.05) is 0 Å². The molecular weight excluding hydrogens is 180 g/mol. The standard InChI is InChI=1S/C15H18/c1-10(2)15-9-12(4)8-13-7-11(3)5-6-14(13)15/h5-10H,1-4H3. The van der Waals surface area contributed by atoms with E-state index in [1.807, 2.05) is 0 Å². The Morgan fingerprint density at radius 3 is 2.20 bits per heavy atom. The Bertz CT molecular complexity index is 487. The molecule has 2 rings (SSSR count). The number of fused-ring (bicyclic) bond motifs is 1. The van der Waals surface area contributed by atoms with Crippen molar-refractivity contribution in [2.75, 3.05) is 0 Å². The van der Waals surface area contributed by atoms with Gasteiger partial charge in [0.15, 0.2) is 0 Å². The van der Waals surface area contributed by atoms with E-state index < -0.39 is 0 Å². The molecule has 0 heteroatoms. The van der Waals surface area contributed by atoms with E-state index in [4.69, 9.17) is 0 Å². The fourth-order valence-electron chi connectivity index (χ4n) is 2.15. The van der Waals surface area contributed by atoms with Crippen LogP contribution in [-0.2, 0) is 0 Å². The minimum Gasteiger partial charge on any atom is -0.0587 e. The van der Waals surface area contributed by atoms with Crippen LogP contribution in [0, 0.1) is 13.8 Å². The second-order valence-electron chi connectivity index (χ2n) is 4.73. The van der Waals surface area contributed by atoms with Crippen LogP contribution in [0.4, 0.5) is 0 Å². The number of hydrogen-bond donors (Lipinski definition) is 0. The highest BCUT2D eigenvalue weighted by molar-refractivity contribution is 5.87. The van der Waals surface area contributed by atoms with Gasteiger partial charge in [-0.3, -0.25) is 0 Å². The lowest BCUT2D eigenvalue weighted by molar-refractivity contribution is 0.875. The molecule has 0 bridgehead atoms. The highest BCUT2D eigenvalue weighted by atomic mass is 14.1. The summed E-state index contributed by atoms with van der Waals surface area (Å²) >= 11 is 0. The van der Waals surface area contributed by atoms with Crippen LogP contribution in [0.5, 0.6) is 0 Å². The lowest BCUT2D eigenvalue weighted by atomic mass is 9.93. The van der Waals surface area contributed by atoms with Crippen molar-refractivity contribution in [2.45, 2.75) is 33.6 Å². The Morgan fingerprint density at radius 1 is 0.867 bits per heavy atom. The summed E-state index contributed by atoms with van der Waals surface area (Å²) in [6.45, 7) is 8.84. The number of hydrogen-bond acceptors (Lipinski definition) is 0. The van der Waals surface area contributed by atoms with Crippen LogP contribution < -0.4 is 0 Å². The third-order valence-corrected chi connectivity index (χ3v) is 2.91. The zero-order valence-electron chi connectivity index (χ0n) is 9.96. The van der Waals surface area contributed by atoms with Gasteiger partial charge in [0.2, 0.25) is 0 Å². The maximum Gasteiger partial charge on any atom is -0.0149 e. The Hall–Kier alpha value is -1.30. The van der Waals surface area contributed by atoms with E-state index in [0.29, 0.717) is 5.92 Å². The van der Waals surface area contributed by atoms with Gasteiger partial charge in [0.1, 0.15) is 0 Å². The minimum absolute atomic E-state index is 0.593. The first kappa shape index (κ1) is 10.2. The number of rotatable bonds is 1. The van der Waals surface area contributed by atoms with Crippen LogP contribution in [0.15, 0.2) is 30.3 Å². The van der Waals surface area contributed by atoms with Crippen molar-refractivity contribution in [1.29, 1.82) is 0 Å². The molecule has 0 aliphatic heterocycles. The van der Waals surface area contributed by atoms with Crippen LogP contribution >= 0.6 is 0 Å². The smallest absolute Gasteiger partial charge is 0.0149 e. The molecule has 2 aromatic carbocycles. The quantitative estimate of drug-likeness (QED) is 0.629. The molecule has 2 aromatic rings. The normalized spacial score (nSPS) is 11.3. The van der Waals surface area contributed by atoms with E-state index in [1.54, 1.807) is 0 Å². The average Bonchev–Trinajstić information content (AvgIpc) is 2.15. The maximum absolute atomic E-state index is 2.31. The molecule has 0 amide bonds. The highest BCUT2D eigenvalue weighted by Gasteiger charge is 2.05. The molecular formula is C15H18. The van der Waals surface area contributed by atoms with Crippen LogP contribution in [0.3, 0.4) is 0 Å². The molecule has 0 saturated heterocycles. The molecule has 0 nitrogen and oxygen atoms in total.